The SMILES string of the molecule is Brc1ccc(-c2ccccc2)c(NCCn2cncn2)c1. The number of anilines is 1. The lowest BCUT2D eigenvalue weighted by Gasteiger charge is -2.13. The van der Waals surface area contributed by atoms with Crippen molar-refractivity contribution in [3.05, 3.63) is 65.7 Å². The van der Waals surface area contributed by atoms with Crippen LogP contribution in [0.25, 0.3) is 11.1 Å². The van der Waals surface area contributed by atoms with Crippen molar-refractivity contribution >= 4 is 21.6 Å². The number of halogens is 1. The van der Waals surface area contributed by atoms with Crippen LogP contribution in [0.5, 0.6) is 0 Å². The van der Waals surface area contributed by atoms with E-state index in [0.29, 0.717) is 0 Å². The highest BCUT2D eigenvalue weighted by molar-refractivity contribution is 9.10. The van der Waals surface area contributed by atoms with Crippen molar-refractivity contribution < 1.29 is 0 Å². The molecule has 3 rings (SSSR count). The second kappa shape index (κ2) is 6.54. The van der Waals surface area contributed by atoms with Gasteiger partial charge in [-0.3, -0.25) is 4.68 Å². The number of benzene rings is 2. The maximum atomic E-state index is 4.10. The van der Waals surface area contributed by atoms with E-state index < -0.39 is 0 Å². The Morgan fingerprint density at radius 2 is 1.95 bits per heavy atom. The van der Waals surface area contributed by atoms with Crippen LogP contribution in [0.2, 0.25) is 0 Å². The number of aromatic nitrogens is 3. The average Bonchev–Trinajstić information content (AvgIpc) is 3.02. The van der Waals surface area contributed by atoms with Gasteiger partial charge in [-0.2, -0.15) is 5.10 Å². The highest BCUT2D eigenvalue weighted by Gasteiger charge is 2.05. The summed E-state index contributed by atoms with van der Waals surface area (Å²) in [6, 6.07) is 16.6. The normalized spacial score (nSPS) is 10.5. The van der Waals surface area contributed by atoms with E-state index in [4.69, 9.17) is 0 Å². The monoisotopic (exact) mass is 342 g/mol. The van der Waals surface area contributed by atoms with Crippen LogP contribution in [0, 0.1) is 0 Å². The van der Waals surface area contributed by atoms with Gasteiger partial charge in [0.2, 0.25) is 0 Å². The van der Waals surface area contributed by atoms with E-state index >= 15 is 0 Å². The van der Waals surface area contributed by atoms with Gasteiger partial charge in [0.1, 0.15) is 12.7 Å². The Hall–Kier alpha value is -2.14. The summed E-state index contributed by atoms with van der Waals surface area (Å²) in [6.45, 7) is 1.57. The van der Waals surface area contributed by atoms with Gasteiger partial charge in [0.15, 0.2) is 0 Å². The molecule has 0 atom stereocenters. The second-order valence-electron chi connectivity index (χ2n) is 4.64. The summed E-state index contributed by atoms with van der Waals surface area (Å²) >= 11 is 3.53. The molecule has 0 aliphatic heterocycles. The van der Waals surface area contributed by atoms with Crippen LogP contribution >= 0.6 is 15.9 Å². The van der Waals surface area contributed by atoms with Crippen LogP contribution in [0.15, 0.2) is 65.7 Å². The highest BCUT2D eigenvalue weighted by Crippen LogP contribution is 2.30. The minimum absolute atomic E-state index is 0.779. The van der Waals surface area contributed by atoms with Gasteiger partial charge in [-0.1, -0.05) is 52.3 Å². The predicted octanol–water partition coefficient (Wildman–Crippen LogP) is 3.82. The topological polar surface area (TPSA) is 42.7 Å². The Kier molecular flexibility index (Phi) is 4.31. The van der Waals surface area contributed by atoms with Crippen LogP contribution < -0.4 is 5.32 Å². The van der Waals surface area contributed by atoms with Crippen molar-refractivity contribution in [2.45, 2.75) is 6.54 Å². The molecule has 0 saturated heterocycles. The smallest absolute Gasteiger partial charge is 0.137 e. The molecule has 0 radical (unpaired) electrons. The lowest BCUT2D eigenvalue weighted by Crippen LogP contribution is -2.11. The molecule has 1 heterocycles. The van der Waals surface area contributed by atoms with Gasteiger partial charge in [-0.05, 0) is 17.7 Å². The van der Waals surface area contributed by atoms with E-state index in [1.807, 2.05) is 10.7 Å². The molecule has 0 aliphatic carbocycles. The molecular formula is C16H15BrN4. The van der Waals surface area contributed by atoms with Crippen LogP contribution in [0.1, 0.15) is 0 Å². The number of hydrogen-bond acceptors (Lipinski definition) is 3. The summed E-state index contributed by atoms with van der Waals surface area (Å²) in [4.78, 5) is 3.94. The summed E-state index contributed by atoms with van der Waals surface area (Å²) in [5, 5.41) is 7.57. The van der Waals surface area contributed by atoms with Gasteiger partial charge >= 0.3 is 0 Å². The largest absolute Gasteiger partial charge is 0.383 e. The van der Waals surface area contributed by atoms with Gasteiger partial charge in [0.25, 0.3) is 0 Å². The van der Waals surface area contributed by atoms with Gasteiger partial charge in [-0.15, -0.1) is 0 Å². The van der Waals surface area contributed by atoms with Crippen LogP contribution in [0.3, 0.4) is 0 Å². The zero-order valence-electron chi connectivity index (χ0n) is 11.4. The average molecular weight is 343 g/mol. The number of nitrogens with zero attached hydrogens (tertiary/aromatic N) is 3. The summed E-state index contributed by atoms with van der Waals surface area (Å²) in [5.74, 6) is 0. The molecule has 3 aromatic rings. The van der Waals surface area contributed by atoms with Crippen LogP contribution in [-0.4, -0.2) is 21.3 Å². The molecule has 0 unspecified atom stereocenters. The standard InChI is InChI=1S/C16H15BrN4/c17-14-6-7-15(13-4-2-1-3-5-13)16(10-14)19-8-9-21-12-18-11-20-21/h1-7,10-12,19H,8-9H2. The zero-order chi connectivity index (χ0) is 14.5. The molecule has 106 valence electrons. The molecule has 5 heteroatoms. The lowest BCUT2D eigenvalue weighted by atomic mass is 10.0. The Balaban J connectivity index is 1.78. The summed E-state index contributed by atoms with van der Waals surface area (Å²) in [6.07, 6.45) is 3.27. The van der Waals surface area contributed by atoms with E-state index in [2.05, 4.69) is 73.8 Å². The molecule has 0 bridgehead atoms. The van der Waals surface area contributed by atoms with E-state index in [0.717, 1.165) is 23.2 Å². The third kappa shape index (κ3) is 3.49. The van der Waals surface area contributed by atoms with Crippen LogP contribution in [0.4, 0.5) is 5.69 Å². The van der Waals surface area contributed by atoms with E-state index in [-0.39, 0.29) is 0 Å². The minimum atomic E-state index is 0.779. The first kappa shape index (κ1) is 13.8. The van der Waals surface area contributed by atoms with Crippen LogP contribution in [-0.2, 0) is 6.54 Å². The van der Waals surface area contributed by atoms with Crippen molar-refractivity contribution in [3.8, 4) is 11.1 Å². The van der Waals surface area contributed by atoms with Crippen molar-refractivity contribution in [1.29, 1.82) is 0 Å². The molecule has 21 heavy (non-hydrogen) atoms. The van der Waals surface area contributed by atoms with Crippen molar-refractivity contribution in [2.24, 2.45) is 0 Å². The van der Waals surface area contributed by atoms with Gasteiger partial charge < -0.3 is 5.32 Å². The zero-order valence-corrected chi connectivity index (χ0v) is 13.0. The molecule has 0 amide bonds. The minimum Gasteiger partial charge on any atom is -0.383 e. The highest BCUT2D eigenvalue weighted by atomic mass is 79.9. The van der Waals surface area contributed by atoms with Crippen molar-refractivity contribution in [2.75, 3.05) is 11.9 Å². The maximum Gasteiger partial charge on any atom is 0.137 e. The summed E-state index contributed by atoms with van der Waals surface area (Å²) in [5.41, 5.74) is 3.50. The first-order chi connectivity index (χ1) is 10.3. The molecule has 0 fully saturated rings. The quantitative estimate of drug-likeness (QED) is 0.766. The molecule has 2 aromatic carbocycles. The predicted molar refractivity (Wildman–Crippen MR) is 88.1 cm³/mol. The fourth-order valence-electron chi connectivity index (χ4n) is 2.19. The molecular weight excluding hydrogens is 328 g/mol. The first-order valence-electron chi connectivity index (χ1n) is 6.74. The lowest BCUT2D eigenvalue weighted by molar-refractivity contribution is 0.636. The molecule has 0 aliphatic rings. The van der Waals surface area contributed by atoms with Crippen molar-refractivity contribution in [3.63, 3.8) is 0 Å². The Morgan fingerprint density at radius 1 is 1.10 bits per heavy atom. The maximum absolute atomic E-state index is 4.10. The third-order valence-corrected chi connectivity index (χ3v) is 3.68. The second-order valence-corrected chi connectivity index (χ2v) is 5.56. The Bertz CT molecular complexity index is 696. The molecule has 1 aromatic heterocycles. The summed E-state index contributed by atoms with van der Waals surface area (Å²) < 4.78 is 2.87. The van der Waals surface area contributed by atoms with E-state index in [9.17, 15) is 0 Å². The third-order valence-electron chi connectivity index (χ3n) is 3.19. The number of rotatable bonds is 5. The Labute approximate surface area is 132 Å². The van der Waals surface area contributed by atoms with Gasteiger partial charge in [-0.25, -0.2) is 4.98 Å². The fourth-order valence-corrected chi connectivity index (χ4v) is 2.55. The number of nitrogens with one attached hydrogen (secondary N) is 1. The van der Waals surface area contributed by atoms with Gasteiger partial charge in [0.05, 0.1) is 6.54 Å². The fraction of sp³-hybridized carbons (Fsp3) is 0.125. The molecule has 0 spiro atoms. The number of hydrogen-bond donors (Lipinski definition) is 1. The Morgan fingerprint density at radius 3 is 2.71 bits per heavy atom. The first-order valence-corrected chi connectivity index (χ1v) is 7.53. The van der Waals surface area contributed by atoms with Gasteiger partial charge in [0, 0.05) is 22.3 Å². The molecule has 4 nitrogen and oxygen atoms in total. The van der Waals surface area contributed by atoms with E-state index in [1.54, 1.807) is 12.7 Å². The van der Waals surface area contributed by atoms with E-state index in [1.165, 1.54) is 11.1 Å². The molecule has 1 N–H and O–H groups in total. The summed E-state index contributed by atoms with van der Waals surface area (Å²) in [7, 11) is 0. The van der Waals surface area contributed by atoms with Crippen molar-refractivity contribution in [1.82, 2.24) is 14.8 Å². The molecule has 0 saturated carbocycles.